The molecule has 1 aliphatic rings. The lowest BCUT2D eigenvalue weighted by Crippen LogP contribution is -2.22. The molecule has 1 atom stereocenters. The number of hydrogen-bond donors (Lipinski definition) is 1. The van der Waals surface area contributed by atoms with Gasteiger partial charge in [-0.15, -0.1) is 11.3 Å². The maximum Gasteiger partial charge on any atom is 0.00706 e. The minimum atomic E-state index is 0.460. The highest BCUT2D eigenvalue weighted by molar-refractivity contribution is 7.11. The molecule has 1 saturated carbocycles. The molecule has 0 radical (unpaired) electrons. The SMILES string of the molecule is CCc1ccc(CCC(N)C2CC2)s1. The van der Waals surface area contributed by atoms with Crippen LogP contribution in [0.2, 0.25) is 0 Å². The van der Waals surface area contributed by atoms with Crippen molar-refractivity contribution in [2.24, 2.45) is 11.7 Å². The van der Waals surface area contributed by atoms with E-state index >= 15 is 0 Å². The minimum absolute atomic E-state index is 0.460. The van der Waals surface area contributed by atoms with Crippen molar-refractivity contribution >= 4 is 11.3 Å². The molecule has 78 valence electrons. The molecule has 0 aromatic carbocycles. The molecule has 0 amide bonds. The molecule has 1 fully saturated rings. The van der Waals surface area contributed by atoms with Crippen LogP contribution in [-0.4, -0.2) is 6.04 Å². The van der Waals surface area contributed by atoms with E-state index in [2.05, 4.69) is 19.1 Å². The van der Waals surface area contributed by atoms with Crippen molar-refractivity contribution in [3.63, 3.8) is 0 Å². The third kappa shape index (κ3) is 2.58. The molecule has 0 bridgehead atoms. The molecule has 1 heterocycles. The second-order valence-electron chi connectivity index (χ2n) is 4.26. The van der Waals surface area contributed by atoms with Crippen molar-refractivity contribution in [2.75, 3.05) is 0 Å². The molecule has 1 nitrogen and oxygen atoms in total. The largest absolute Gasteiger partial charge is 0.327 e. The summed E-state index contributed by atoms with van der Waals surface area (Å²) >= 11 is 1.95. The van der Waals surface area contributed by atoms with E-state index in [4.69, 9.17) is 5.73 Å². The number of aryl methyl sites for hydroxylation is 2. The van der Waals surface area contributed by atoms with Gasteiger partial charge in [-0.05, 0) is 50.2 Å². The van der Waals surface area contributed by atoms with E-state index < -0.39 is 0 Å². The van der Waals surface area contributed by atoms with Gasteiger partial charge in [-0.2, -0.15) is 0 Å². The summed E-state index contributed by atoms with van der Waals surface area (Å²) in [5.74, 6) is 0.848. The smallest absolute Gasteiger partial charge is 0.00706 e. The average Bonchev–Trinajstić information content (AvgIpc) is 2.94. The van der Waals surface area contributed by atoms with E-state index in [-0.39, 0.29) is 0 Å². The topological polar surface area (TPSA) is 26.0 Å². The standard InChI is InChI=1S/C12H19NS/c1-2-10-5-6-11(14-10)7-8-12(13)9-3-4-9/h5-6,9,12H,2-4,7-8,13H2,1H3. The van der Waals surface area contributed by atoms with Gasteiger partial charge in [-0.1, -0.05) is 6.92 Å². The Hall–Kier alpha value is -0.340. The van der Waals surface area contributed by atoms with Gasteiger partial charge in [0.05, 0.1) is 0 Å². The fourth-order valence-electron chi connectivity index (χ4n) is 1.82. The third-order valence-corrected chi connectivity index (χ3v) is 4.31. The number of hydrogen-bond acceptors (Lipinski definition) is 2. The highest BCUT2D eigenvalue weighted by atomic mass is 32.1. The molecule has 1 aliphatic carbocycles. The predicted octanol–water partition coefficient (Wildman–Crippen LogP) is 2.98. The highest BCUT2D eigenvalue weighted by Gasteiger charge is 2.27. The first-order valence-electron chi connectivity index (χ1n) is 5.62. The van der Waals surface area contributed by atoms with Crippen molar-refractivity contribution < 1.29 is 0 Å². The van der Waals surface area contributed by atoms with Gasteiger partial charge in [0.15, 0.2) is 0 Å². The van der Waals surface area contributed by atoms with E-state index in [1.54, 1.807) is 0 Å². The van der Waals surface area contributed by atoms with Crippen molar-refractivity contribution in [1.29, 1.82) is 0 Å². The van der Waals surface area contributed by atoms with Crippen LogP contribution in [0.4, 0.5) is 0 Å². The summed E-state index contributed by atoms with van der Waals surface area (Å²) < 4.78 is 0. The first-order chi connectivity index (χ1) is 6.79. The normalized spacial score (nSPS) is 18.4. The first kappa shape index (κ1) is 10.2. The molecule has 1 aromatic rings. The second-order valence-corrected chi connectivity index (χ2v) is 5.51. The Morgan fingerprint density at radius 1 is 1.43 bits per heavy atom. The van der Waals surface area contributed by atoms with Gasteiger partial charge in [0.25, 0.3) is 0 Å². The minimum Gasteiger partial charge on any atom is -0.327 e. The molecule has 2 heteroatoms. The summed E-state index contributed by atoms with van der Waals surface area (Å²) in [5.41, 5.74) is 6.07. The van der Waals surface area contributed by atoms with E-state index in [0.29, 0.717) is 6.04 Å². The van der Waals surface area contributed by atoms with Crippen LogP contribution >= 0.6 is 11.3 Å². The van der Waals surface area contributed by atoms with E-state index in [1.807, 2.05) is 11.3 Å². The predicted molar refractivity (Wildman–Crippen MR) is 62.7 cm³/mol. The Bertz CT molecular complexity index is 288. The van der Waals surface area contributed by atoms with Crippen LogP contribution in [0.15, 0.2) is 12.1 Å². The molecule has 2 N–H and O–H groups in total. The number of rotatable bonds is 5. The maximum atomic E-state index is 6.07. The van der Waals surface area contributed by atoms with Gasteiger partial charge in [0.2, 0.25) is 0 Å². The molecular weight excluding hydrogens is 190 g/mol. The Morgan fingerprint density at radius 2 is 2.14 bits per heavy atom. The van der Waals surface area contributed by atoms with Gasteiger partial charge in [-0.25, -0.2) is 0 Å². The first-order valence-corrected chi connectivity index (χ1v) is 6.44. The molecular formula is C12H19NS. The lowest BCUT2D eigenvalue weighted by molar-refractivity contribution is 0.552. The van der Waals surface area contributed by atoms with Crippen LogP contribution in [0.3, 0.4) is 0 Å². The van der Waals surface area contributed by atoms with Crippen molar-refractivity contribution in [1.82, 2.24) is 0 Å². The van der Waals surface area contributed by atoms with Gasteiger partial charge < -0.3 is 5.73 Å². The molecule has 1 aromatic heterocycles. The number of nitrogens with two attached hydrogens (primary N) is 1. The quantitative estimate of drug-likeness (QED) is 0.792. The van der Waals surface area contributed by atoms with Gasteiger partial charge in [0.1, 0.15) is 0 Å². The third-order valence-electron chi connectivity index (χ3n) is 3.02. The lowest BCUT2D eigenvalue weighted by Gasteiger charge is -2.07. The summed E-state index contributed by atoms with van der Waals surface area (Å²) in [5, 5.41) is 0. The molecule has 0 spiro atoms. The van der Waals surface area contributed by atoms with E-state index in [0.717, 1.165) is 5.92 Å². The monoisotopic (exact) mass is 209 g/mol. The van der Waals surface area contributed by atoms with Crippen molar-refractivity contribution in [3.8, 4) is 0 Å². The van der Waals surface area contributed by atoms with Crippen molar-refractivity contribution in [2.45, 2.75) is 45.1 Å². The fourth-order valence-corrected chi connectivity index (χ4v) is 2.79. The van der Waals surface area contributed by atoms with E-state index in [9.17, 15) is 0 Å². The number of thiophene rings is 1. The van der Waals surface area contributed by atoms with Crippen LogP contribution in [0.1, 0.15) is 35.9 Å². The maximum absolute atomic E-state index is 6.07. The summed E-state index contributed by atoms with van der Waals surface area (Å²) in [6, 6.07) is 4.98. The highest BCUT2D eigenvalue weighted by Crippen LogP contribution is 2.33. The summed E-state index contributed by atoms with van der Waals surface area (Å²) in [7, 11) is 0. The van der Waals surface area contributed by atoms with Gasteiger partial charge >= 0.3 is 0 Å². The zero-order valence-corrected chi connectivity index (χ0v) is 9.65. The van der Waals surface area contributed by atoms with Crippen LogP contribution < -0.4 is 5.73 Å². The summed E-state index contributed by atoms with van der Waals surface area (Å²) in [6.07, 6.45) is 6.26. The summed E-state index contributed by atoms with van der Waals surface area (Å²) in [4.78, 5) is 3.01. The van der Waals surface area contributed by atoms with Crippen LogP contribution in [-0.2, 0) is 12.8 Å². The summed E-state index contributed by atoms with van der Waals surface area (Å²) in [6.45, 7) is 2.21. The Kier molecular flexibility index (Phi) is 3.24. The molecule has 1 unspecified atom stereocenters. The van der Waals surface area contributed by atoms with Crippen LogP contribution in [0, 0.1) is 5.92 Å². The Labute approximate surface area is 90.3 Å². The molecule has 0 aliphatic heterocycles. The van der Waals surface area contributed by atoms with Crippen LogP contribution in [0.25, 0.3) is 0 Å². The molecule has 2 rings (SSSR count). The zero-order chi connectivity index (χ0) is 9.97. The zero-order valence-electron chi connectivity index (χ0n) is 8.83. The Morgan fingerprint density at radius 3 is 2.71 bits per heavy atom. The van der Waals surface area contributed by atoms with E-state index in [1.165, 1.54) is 41.9 Å². The van der Waals surface area contributed by atoms with Crippen molar-refractivity contribution in [3.05, 3.63) is 21.9 Å². The fraction of sp³-hybridized carbons (Fsp3) is 0.667. The lowest BCUT2D eigenvalue weighted by atomic mass is 10.1. The second kappa shape index (κ2) is 4.45. The van der Waals surface area contributed by atoms with Crippen LogP contribution in [0.5, 0.6) is 0 Å². The molecule has 0 saturated heterocycles. The van der Waals surface area contributed by atoms with Gasteiger partial charge in [0, 0.05) is 15.8 Å². The molecule has 14 heavy (non-hydrogen) atoms. The van der Waals surface area contributed by atoms with Gasteiger partial charge in [-0.3, -0.25) is 0 Å². The average molecular weight is 209 g/mol. The Balaban J connectivity index is 1.78.